The van der Waals surface area contributed by atoms with Crippen LogP contribution in [0.15, 0.2) is 60.8 Å². The lowest BCUT2D eigenvalue weighted by Gasteiger charge is -2.10. The van der Waals surface area contributed by atoms with Crippen LogP contribution in [0, 0.1) is 6.92 Å². The molecule has 3 aromatic rings. The van der Waals surface area contributed by atoms with Gasteiger partial charge in [0.1, 0.15) is 0 Å². The zero-order valence-electron chi connectivity index (χ0n) is 13.9. The highest BCUT2D eigenvalue weighted by atomic mass is 16.3. The minimum atomic E-state index is -0.232. The molecule has 0 atom stereocenters. The zero-order valence-corrected chi connectivity index (χ0v) is 13.9. The van der Waals surface area contributed by atoms with Crippen molar-refractivity contribution in [1.82, 2.24) is 15.3 Å². The molecule has 2 aromatic carbocycles. The lowest BCUT2D eigenvalue weighted by atomic mass is 10.1. The number of aliphatic hydroxyl groups excluding tert-OH is 1. The largest absolute Gasteiger partial charge is 0.392 e. The first-order chi connectivity index (χ1) is 12.2. The van der Waals surface area contributed by atoms with Gasteiger partial charge in [-0.3, -0.25) is 4.79 Å². The van der Waals surface area contributed by atoms with Crippen LogP contribution in [0.4, 0.5) is 0 Å². The number of carbonyl (C=O) groups is 1. The first-order valence-electron chi connectivity index (χ1n) is 8.04. The van der Waals surface area contributed by atoms with Crippen LogP contribution in [0.5, 0.6) is 0 Å². The maximum absolute atomic E-state index is 12.4. The maximum atomic E-state index is 12.4. The summed E-state index contributed by atoms with van der Waals surface area (Å²) in [6.45, 7) is 2.08. The fraction of sp³-hybridized carbons (Fsp3) is 0.150. The maximum Gasteiger partial charge on any atom is 0.254 e. The first-order valence-corrected chi connectivity index (χ1v) is 8.04. The summed E-state index contributed by atoms with van der Waals surface area (Å²) in [5, 5.41) is 12.2. The van der Waals surface area contributed by atoms with E-state index in [1.807, 2.05) is 54.6 Å². The van der Waals surface area contributed by atoms with Gasteiger partial charge in [0.05, 0.1) is 17.9 Å². The van der Waals surface area contributed by atoms with E-state index in [2.05, 4.69) is 15.3 Å². The molecule has 0 bridgehead atoms. The van der Waals surface area contributed by atoms with Gasteiger partial charge in [0.25, 0.3) is 5.91 Å². The highest BCUT2D eigenvalue weighted by molar-refractivity contribution is 5.95. The van der Waals surface area contributed by atoms with Crippen LogP contribution in [0.25, 0.3) is 11.4 Å². The molecule has 0 aliphatic heterocycles. The second kappa shape index (κ2) is 7.68. The van der Waals surface area contributed by atoms with Gasteiger partial charge in [-0.2, -0.15) is 0 Å². The average molecular weight is 333 g/mol. The molecule has 25 heavy (non-hydrogen) atoms. The Morgan fingerprint density at radius 3 is 2.40 bits per heavy atom. The van der Waals surface area contributed by atoms with Crippen LogP contribution < -0.4 is 5.32 Å². The van der Waals surface area contributed by atoms with Gasteiger partial charge in [-0.05, 0) is 18.1 Å². The molecule has 0 aliphatic rings. The standard InChI is InChI=1S/C20H19N3O2/c1-14-18(12-21-19(23-14)15-7-3-2-4-8-15)20(25)22-11-16-9-5-6-10-17(16)13-24/h2-10,12,24H,11,13H2,1H3,(H,22,25). The molecule has 0 saturated heterocycles. The molecule has 5 nitrogen and oxygen atoms in total. The summed E-state index contributed by atoms with van der Waals surface area (Å²) in [6, 6.07) is 17.1. The fourth-order valence-corrected chi connectivity index (χ4v) is 2.57. The molecule has 1 aromatic heterocycles. The van der Waals surface area contributed by atoms with Gasteiger partial charge in [-0.25, -0.2) is 9.97 Å². The summed E-state index contributed by atoms with van der Waals surface area (Å²) >= 11 is 0. The Morgan fingerprint density at radius 2 is 1.72 bits per heavy atom. The number of benzene rings is 2. The van der Waals surface area contributed by atoms with Crippen LogP contribution in [0.1, 0.15) is 27.2 Å². The van der Waals surface area contributed by atoms with Crippen molar-refractivity contribution >= 4 is 5.91 Å². The third-order valence-corrected chi connectivity index (χ3v) is 3.98. The van der Waals surface area contributed by atoms with Crippen molar-refractivity contribution in [3.05, 3.63) is 83.2 Å². The molecule has 5 heteroatoms. The number of rotatable bonds is 5. The molecule has 0 fully saturated rings. The highest BCUT2D eigenvalue weighted by Gasteiger charge is 2.13. The monoisotopic (exact) mass is 333 g/mol. The number of aryl methyl sites for hydroxylation is 1. The Kier molecular flexibility index (Phi) is 5.16. The van der Waals surface area contributed by atoms with Gasteiger partial charge in [-0.15, -0.1) is 0 Å². The summed E-state index contributed by atoms with van der Waals surface area (Å²) in [4.78, 5) is 21.2. The van der Waals surface area contributed by atoms with E-state index >= 15 is 0 Å². The molecule has 0 radical (unpaired) electrons. The van der Waals surface area contributed by atoms with Crippen LogP contribution in [-0.2, 0) is 13.2 Å². The predicted molar refractivity (Wildman–Crippen MR) is 95.7 cm³/mol. The minimum Gasteiger partial charge on any atom is -0.392 e. The van der Waals surface area contributed by atoms with E-state index in [9.17, 15) is 9.90 Å². The summed E-state index contributed by atoms with van der Waals surface area (Å²) < 4.78 is 0. The minimum absolute atomic E-state index is 0.0556. The van der Waals surface area contributed by atoms with Crippen LogP contribution in [0.2, 0.25) is 0 Å². The van der Waals surface area contributed by atoms with Crippen molar-refractivity contribution in [3.8, 4) is 11.4 Å². The van der Waals surface area contributed by atoms with E-state index < -0.39 is 0 Å². The molecular weight excluding hydrogens is 314 g/mol. The molecule has 2 N–H and O–H groups in total. The summed E-state index contributed by atoms with van der Waals surface area (Å²) in [5.74, 6) is 0.366. The van der Waals surface area contributed by atoms with Crippen LogP contribution in [0.3, 0.4) is 0 Å². The quantitative estimate of drug-likeness (QED) is 0.753. The molecule has 3 rings (SSSR count). The number of amides is 1. The summed E-state index contributed by atoms with van der Waals surface area (Å²) in [5.41, 5.74) is 3.67. The smallest absolute Gasteiger partial charge is 0.254 e. The third kappa shape index (κ3) is 3.89. The molecule has 1 heterocycles. The second-order valence-electron chi connectivity index (χ2n) is 5.67. The summed E-state index contributed by atoms with van der Waals surface area (Å²) in [6.07, 6.45) is 1.55. The lowest BCUT2D eigenvalue weighted by molar-refractivity contribution is 0.0949. The normalized spacial score (nSPS) is 10.5. The van der Waals surface area contributed by atoms with Gasteiger partial charge < -0.3 is 10.4 Å². The molecule has 126 valence electrons. The average Bonchev–Trinajstić information content (AvgIpc) is 2.67. The molecule has 0 saturated carbocycles. The number of carbonyl (C=O) groups excluding carboxylic acids is 1. The van der Waals surface area contributed by atoms with Crippen molar-refractivity contribution in [2.75, 3.05) is 0 Å². The number of nitrogens with one attached hydrogen (secondary N) is 1. The Bertz CT molecular complexity index is 879. The lowest BCUT2D eigenvalue weighted by Crippen LogP contribution is -2.24. The van der Waals surface area contributed by atoms with Crippen molar-refractivity contribution in [2.24, 2.45) is 0 Å². The van der Waals surface area contributed by atoms with Gasteiger partial charge in [-0.1, -0.05) is 54.6 Å². The second-order valence-corrected chi connectivity index (χ2v) is 5.67. The van der Waals surface area contributed by atoms with Crippen molar-refractivity contribution in [1.29, 1.82) is 0 Å². The number of hydrogen-bond donors (Lipinski definition) is 2. The van der Waals surface area contributed by atoms with E-state index in [1.54, 1.807) is 13.1 Å². The van der Waals surface area contributed by atoms with E-state index in [1.165, 1.54) is 0 Å². The summed E-state index contributed by atoms with van der Waals surface area (Å²) in [7, 11) is 0. The van der Waals surface area contributed by atoms with E-state index in [4.69, 9.17) is 0 Å². The van der Waals surface area contributed by atoms with E-state index in [-0.39, 0.29) is 12.5 Å². The number of hydrogen-bond acceptors (Lipinski definition) is 4. The highest BCUT2D eigenvalue weighted by Crippen LogP contribution is 2.16. The van der Waals surface area contributed by atoms with E-state index in [0.717, 1.165) is 16.7 Å². The molecule has 0 aliphatic carbocycles. The van der Waals surface area contributed by atoms with Gasteiger partial charge >= 0.3 is 0 Å². The first kappa shape index (κ1) is 16.8. The molecule has 0 unspecified atom stereocenters. The Balaban J connectivity index is 1.74. The van der Waals surface area contributed by atoms with Crippen molar-refractivity contribution < 1.29 is 9.90 Å². The predicted octanol–water partition coefficient (Wildman–Crippen LogP) is 2.87. The van der Waals surface area contributed by atoms with E-state index in [0.29, 0.717) is 23.6 Å². The van der Waals surface area contributed by atoms with Crippen LogP contribution >= 0.6 is 0 Å². The molecule has 1 amide bonds. The number of aromatic nitrogens is 2. The van der Waals surface area contributed by atoms with Crippen LogP contribution in [-0.4, -0.2) is 21.0 Å². The van der Waals surface area contributed by atoms with Gasteiger partial charge in [0.15, 0.2) is 5.82 Å². The zero-order chi connectivity index (χ0) is 17.6. The SMILES string of the molecule is Cc1nc(-c2ccccc2)ncc1C(=O)NCc1ccccc1CO. The molecule has 0 spiro atoms. The third-order valence-electron chi connectivity index (χ3n) is 3.98. The van der Waals surface area contributed by atoms with Crippen molar-refractivity contribution in [3.63, 3.8) is 0 Å². The Morgan fingerprint density at radius 1 is 1.04 bits per heavy atom. The fourth-order valence-electron chi connectivity index (χ4n) is 2.57. The number of nitrogens with zero attached hydrogens (tertiary/aromatic N) is 2. The molecular formula is C20H19N3O2. The Hall–Kier alpha value is -3.05. The van der Waals surface area contributed by atoms with Gasteiger partial charge in [0.2, 0.25) is 0 Å². The van der Waals surface area contributed by atoms with Crippen molar-refractivity contribution in [2.45, 2.75) is 20.1 Å². The number of aliphatic hydroxyl groups is 1. The topological polar surface area (TPSA) is 75.1 Å². The van der Waals surface area contributed by atoms with Gasteiger partial charge in [0, 0.05) is 18.3 Å². The Labute approximate surface area is 146 Å².